The first-order valence-electron chi connectivity index (χ1n) is 8.23. The molecule has 2 aromatic rings. The van der Waals surface area contributed by atoms with Crippen molar-refractivity contribution in [2.45, 2.75) is 0 Å². The Morgan fingerprint density at radius 1 is 1.04 bits per heavy atom. The molecule has 0 aliphatic carbocycles. The maximum absolute atomic E-state index is 13.5. The van der Waals surface area contributed by atoms with E-state index >= 15 is 0 Å². The van der Waals surface area contributed by atoms with Crippen LogP contribution in [0.2, 0.25) is 0 Å². The lowest BCUT2D eigenvalue weighted by Gasteiger charge is -2.38. The van der Waals surface area contributed by atoms with Gasteiger partial charge in [-0.25, -0.2) is 8.78 Å². The summed E-state index contributed by atoms with van der Waals surface area (Å²) < 4.78 is 26.6. The Labute approximate surface area is 146 Å². The lowest BCUT2D eigenvalue weighted by Crippen LogP contribution is -2.45. The van der Waals surface area contributed by atoms with Gasteiger partial charge in [-0.2, -0.15) is 0 Å². The summed E-state index contributed by atoms with van der Waals surface area (Å²) in [6.45, 7) is 2.96. The highest BCUT2D eigenvalue weighted by Gasteiger charge is 2.27. The smallest absolute Gasteiger partial charge is 0.258 e. The maximum Gasteiger partial charge on any atom is 0.258 e. The fraction of sp³-hybridized carbons (Fsp3) is 0.316. The van der Waals surface area contributed by atoms with E-state index in [4.69, 9.17) is 0 Å². The first kappa shape index (κ1) is 17.4. The van der Waals surface area contributed by atoms with Crippen LogP contribution in [-0.2, 0) is 0 Å². The molecule has 0 N–H and O–H groups in total. The second-order valence-electron chi connectivity index (χ2n) is 6.36. The zero-order valence-corrected chi connectivity index (χ0v) is 14.4. The molecule has 25 heavy (non-hydrogen) atoms. The number of rotatable bonds is 4. The number of carbonyl (C=O) groups is 1. The highest BCUT2D eigenvalue weighted by molar-refractivity contribution is 6.08. The second-order valence-corrected chi connectivity index (χ2v) is 6.36. The highest BCUT2D eigenvalue weighted by Crippen LogP contribution is 2.33. The zero-order chi connectivity index (χ0) is 18.0. The largest absolute Gasteiger partial charge is 0.367 e. The molecule has 0 atom stereocenters. The van der Waals surface area contributed by atoms with Gasteiger partial charge in [0.25, 0.3) is 5.91 Å². The molecule has 0 radical (unpaired) electrons. The minimum absolute atomic E-state index is 0.149. The van der Waals surface area contributed by atoms with Gasteiger partial charge in [-0.1, -0.05) is 12.1 Å². The molecule has 0 aromatic heterocycles. The molecular formula is C19H21F2N3O. The number of nitrogens with zero attached hydrogens (tertiary/aromatic N) is 3. The molecule has 0 unspecified atom stereocenters. The van der Waals surface area contributed by atoms with Crippen molar-refractivity contribution in [3.8, 4) is 0 Å². The first-order valence-corrected chi connectivity index (χ1v) is 8.23. The molecule has 3 rings (SSSR count). The van der Waals surface area contributed by atoms with Crippen LogP contribution >= 0.6 is 0 Å². The topological polar surface area (TPSA) is 26.8 Å². The fourth-order valence-corrected chi connectivity index (χ4v) is 2.97. The number of hydrogen-bond donors (Lipinski definition) is 0. The SMILES string of the molecule is CN(C)CCN1CCN(C(=O)c2ccc(F)c(F)c2)c2ccccc21. The van der Waals surface area contributed by atoms with Gasteiger partial charge in [-0.05, 0) is 44.4 Å². The van der Waals surface area contributed by atoms with Crippen molar-refractivity contribution >= 4 is 17.3 Å². The molecule has 1 aliphatic heterocycles. The summed E-state index contributed by atoms with van der Waals surface area (Å²) in [4.78, 5) is 18.8. The van der Waals surface area contributed by atoms with Gasteiger partial charge in [0.2, 0.25) is 0 Å². The molecule has 1 amide bonds. The number of hydrogen-bond acceptors (Lipinski definition) is 3. The van der Waals surface area contributed by atoms with E-state index in [1.54, 1.807) is 4.90 Å². The average Bonchev–Trinajstić information content (AvgIpc) is 2.61. The number of para-hydroxylation sites is 2. The number of likely N-dealkylation sites (N-methyl/N-ethyl adjacent to an activating group) is 1. The van der Waals surface area contributed by atoms with E-state index in [0.717, 1.165) is 36.6 Å². The van der Waals surface area contributed by atoms with E-state index in [2.05, 4.69) is 9.80 Å². The van der Waals surface area contributed by atoms with Crippen LogP contribution in [0.15, 0.2) is 42.5 Å². The summed E-state index contributed by atoms with van der Waals surface area (Å²) in [5.41, 5.74) is 1.92. The van der Waals surface area contributed by atoms with Crippen LogP contribution in [0.1, 0.15) is 10.4 Å². The van der Waals surface area contributed by atoms with Gasteiger partial charge in [-0.15, -0.1) is 0 Å². The van der Waals surface area contributed by atoms with E-state index in [1.165, 1.54) is 6.07 Å². The molecule has 0 bridgehead atoms. The lowest BCUT2D eigenvalue weighted by molar-refractivity contribution is 0.0986. The highest BCUT2D eigenvalue weighted by atomic mass is 19.2. The normalized spacial score (nSPS) is 14.0. The van der Waals surface area contributed by atoms with Crippen LogP contribution in [0.4, 0.5) is 20.2 Å². The van der Waals surface area contributed by atoms with E-state index in [1.807, 2.05) is 38.4 Å². The molecule has 2 aromatic carbocycles. The van der Waals surface area contributed by atoms with Gasteiger partial charge in [-0.3, -0.25) is 4.79 Å². The second kappa shape index (κ2) is 7.19. The standard InChI is InChI=1S/C19H21F2N3O/c1-22(2)9-10-23-11-12-24(18-6-4-3-5-17(18)23)19(25)14-7-8-15(20)16(21)13-14/h3-8,13H,9-12H2,1-2H3. The van der Waals surface area contributed by atoms with Crippen molar-refractivity contribution in [3.63, 3.8) is 0 Å². The first-order chi connectivity index (χ1) is 12.0. The molecule has 132 valence electrons. The number of anilines is 2. The maximum atomic E-state index is 13.5. The molecule has 0 fully saturated rings. The molecule has 1 aliphatic rings. The van der Waals surface area contributed by atoms with Crippen LogP contribution in [0.25, 0.3) is 0 Å². The Hall–Kier alpha value is -2.47. The lowest BCUT2D eigenvalue weighted by atomic mass is 10.1. The molecule has 0 spiro atoms. The van der Waals surface area contributed by atoms with E-state index < -0.39 is 11.6 Å². The summed E-state index contributed by atoms with van der Waals surface area (Å²) in [6.07, 6.45) is 0. The summed E-state index contributed by atoms with van der Waals surface area (Å²) in [7, 11) is 4.05. The summed E-state index contributed by atoms with van der Waals surface area (Å²) in [6, 6.07) is 10.9. The summed E-state index contributed by atoms with van der Waals surface area (Å²) in [5, 5.41) is 0. The van der Waals surface area contributed by atoms with Gasteiger partial charge in [0.15, 0.2) is 11.6 Å². The van der Waals surface area contributed by atoms with Crippen LogP contribution in [0.3, 0.4) is 0 Å². The molecule has 0 saturated heterocycles. The van der Waals surface area contributed by atoms with Crippen LogP contribution in [-0.4, -0.2) is 51.1 Å². The molecule has 4 nitrogen and oxygen atoms in total. The molecule has 6 heteroatoms. The minimum Gasteiger partial charge on any atom is -0.367 e. The fourth-order valence-electron chi connectivity index (χ4n) is 2.97. The Kier molecular flexibility index (Phi) is 4.99. The van der Waals surface area contributed by atoms with Crippen molar-refractivity contribution < 1.29 is 13.6 Å². The third-order valence-electron chi connectivity index (χ3n) is 4.34. The molecule has 1 heterocycles. The van der Waals surface area contributed by atoms with Crippen molar-refractivity contribution in [3.05, 3.63) is 59.7 Å². The Balaban J connectivity index is 1.88. The number of carbonyl (C=O) groups excluding carboxylic acids is 1. The number of benzene rings is 2. The van der Waals surface area contributed by atoms with Crippen molar-refractivity contribution in [2.24, 2.45) is 0 Å². The third-order valence-corrected chi connectivity index (χ3v) is 4.34. The number of halogens is 2. The van der Waals surface area contributed by atoms with Gasteiger partial charge < -0.3 is 14.7 Å². The summed E-state index contributed by atoms with van der Waals surface area (Å²) in [5.74, 6) is -2.28. The Morgan fingerprint density at radius 2 is 1.76 bits per heavy atom. The van der Waals surface area contributed by atoms with Crippen LogP contribution in [0.5, 0.6) is 0 Å². The van der Waals surface area contributed by atoms with Gasteiger partial charge in [0, 0.05) is 31.7 Å². The zero-order valence-electron chi connectivity index (χ0n) is 14.4. The van der Waals surface area contributed by atoms with Gasteiger partial charge in [0.1, 0.15) is 0 Å². The monoisotopic (exact) mass is 345 g/mol. The minimum atomic E-state index is -1.01. The number of fused-ring (bicyclic) bond motifs is 1. The van der Waals surface area contributed by atoms with Crippen LogP contribution in [0, 0.1) is 11.6 Å². The predicted octanol–water partition coefficient (Wildman–Crippen LogP) is 2.99. The van der Waals surface area contributed by atoms with E-state index in [9.17, 15) is 13.6 Å². The predicted molar refractivity (Wildman–Crippen MR) is 95.2 cm³/mol. The summed E-state index contributed by atoms with van der Waals surface area (Å²) >= 11 is 0. The number of amides is 1. The van der Waals surface area contributed by atoms with Crippen molar-refractivity contribution in [2.75, 3.05) is 50.1 Å². The van der Waals surface area contributed by atoms with Gasteiger partial charge >= 0.3 is 0 Å². The Bertz CT molecular complexity index is 779. The average molecular weight is 345 g/mol. The quantitative estimate of drug-likeness (QED) is 0.852. The van der Waals surface area contributed by atoms with Crippen LogP contribution < -0.4 is 9.80 Å². The van der Waals surface area contributed by atoms with Crippen molar-refractivity contribution in [1.82, 2.24) is 4.90 Å². The van der Waals surface area contributed by atoms with E-state index in [-0.39, 0.29) is 11.5 Å². The van der Waals surface area contributed by atoms with Gasteiger partial charge in [0.05, 0.1) is 11.4 Å². The Morgan fingerprint density at radius 3 is 2.44 bits per heavy atom. The van der Waals surface area contributed by atoms with E-state index in [0.29, 0.717) is 13.1 Å². The molecular weight excluding hydrogens is 324 g/mol. The molecule has 0 saturated carbocycles. The third kappa shape index (κ3) is 3.64. The van der Waals surface area contributed by atoms with Crippen molar-refractivity contribution in [1.29, 1.82) is 0 Å².